The smallest absolute Gasteiger partial charge is 0.274 e. The number of nitrogens with zero attached hydrogens (tertiary/aromatic N) is 3. The summed E-state index contributed by atoms with van der Waals surface area (Å²) in [6.45, 7) is 2.33. The number of hydrogen-bond donors (Lipinski definition) is 2. The van der Waals surface area contributed by atoms with Gasteiger partial charge in [0.1, 0.15) is 23.9 Å². The molecule has 0 spiro atoms. The van der Waals surface area contributed by atoms with Gasteiger partial charge in [0.2, 0.25) is 5.88 Å². The first-order valence-electron chi connectivity index (χ1n) is 8.86. The number of pyridine rings is 1. The molecule has 0 radical (unpaired) electrons. The van der Waals surface area contributed by atoms with Gasteiger partial charge in [-0.2, -0.15) is 5.10 Å². The zero-order valence-electron chi connectivity index (χ0n) is 15.4. The van der Waals surface area contributed by atoms with Crippen molar-refractivity contribution in [3.63, 3.8) is 0 Å². The van der Waals surface area contributed by atoms with E-state index < -0.39 is 11.9 Å². The van der Waals surface area contributed by atoms with Gasteiger partial charge in [0, 0.05) is 13.1 Å². The molecule has 3 heterocycles. The van der Waals surface area contributed by atoms with Crippen LogP contribution < -0.4 is 19.7 Å². The van der Waals surface area contributed by atoms with Crippen LogP contribution in [0.4, 0.5) is 5.69 Å². The van der Waals surface area contributed by atoms with Crippen molar-refractivity contribution in [1.82, 2.24) is 20.5 Å². The number of amides is 2. The predicted molar refractivity (Wildman–Crippen MR) is 102 cm³/mol. The van der Waals surface area contributed by atoms with E-state index in [9.17, 15) is 9.59 Å². The molecular formula is C19H19N5O4. The highest BCUT2D eigenvalue weighted by molar-refractivity contribution is 6.06. The Labute approximate surface area is 160 Å². The minimum absolute atomic E-state index is 0.0197. The van der Waals surface area contributed by atoms with Crippen molar-refractivity contribution in [1.29, 1.82) is 0 Å². The molecule has 2 amide bonds. The number of aromatic amines is 1. The molecule has 0 saturated heterocycles. The fraction of sp³-hybridized carbons (Fsp3) is 0.263. The number of ether oxygens (including phenoxy) is 2. The SMILES string of the molecule is CCOc1ccc2[nH]nc(C(=O)N[C@H]3COc4ccccc4N(C)C3=O)c2n1. The number of rotatable bonds is 4. The topological polar surface area (TPSA) is 109 Å². The lowest BCUT2D eigenvalue weighted by molar-refractivity contribution is -0.120. The second kappa shape index (κ2) is 7.18. The van der Waals surface area contributed by atoms with Crippen LogP contribution in [0.5, 0.6) is 11.6 Å². The average Bonchev–Trinajstić information content (AvgIpc) is 3.09. The summed E-state index contributed by atoms with van der Waals surface area (Å²) in [5.74, 6) is 0.188. The Morgan fingerprint density at radius 3 is 3.00 bits per heavy atom. The third-order valence-electron chi connectivity index (χ3n) is 4.46. The monoisotopic (exact) mass is 381 g/mol. The summed E-state index contributed by atoms with van der Waals surface area (Å²) in [6, 6.07) is 9.80. The average molecular weight is 381 g/mol. The molecule has 9 heteroatoms. The van der Waals surface area contributed by atoms with Gasteiger partial charge >= 0.3 is 0 Å². The van der Waals surface area contributed by atoms with E-state index >= 15 is 0 Å². The van der Waals surface area contributed by atoms with Crippen LogP contribution in [0.3, 0.4) is 0 Å². The fourth-order valence-electron chi connectivity index (χ4n) is 3.05. The van der Waals surface area contributed by atoms with Crippen molar-refractivity contribution in [3.8, 4) is 11.6 Å². The second-order valence-electron chi connectivity index (χ2n) is 6.25. The first-order chi connectivity index (χ1) is 13.6. The van der Waals surface area contributed by atoms with Crippen LogP contribution in [0.1, 0.15) is 17.4 Å². The summed E-state index contributed by atoms with van der Waals surface area (Å²) < 4.78 is 11.1. The number of hydrogen-bond acceptors (Lipinski definition) is 6. The Balaban J connectivity index is 1.58. The van der Waals surface area contributed by atoms with Crippen molar-refractivity contribution in [2.75, 3.05) is 25.2 Å². The highest BCUT2D eigenvalue weighted by Gasteiger charge is 2.31. The lowest BCUT2D eigenvalue weighted by Crippen LogP contribution is -2.49. The largest absolute Gasteiger partial charge is 0.489 e. The van der Waals surface area contributed by atoms with E-state index in [0.717, 1.165) is 0 Å². The summed E-state index contributed by atoms with van der Waals surface area (Å²) in [7, 11) is 1.65. The number of H-pyrrole nitrogens is 1. The number of aromatic nitrogens is 3. The van der Waals surface area contributed by atoms with Crippen LogP contribution in [0.15, 0.2) is 36.4 Å². The molecule has 1 aliphatic heterocycles. The number of benzene rings is 1. The van der Waals surface area contributed by atoms with Gasteiger partial charge in [-0.1, -0.05) is 12.1 Å². The highest BCUT2D eigenvalue weighted by atomic mass is 16.5. The molecule has 144 valence electrons. The number of carbonyl (C=O) groups is 2. The molecule has 4 rings (SSSR count). The van der Waals surface area contributed by atoms with Gasteiger partial charge in [0.15, 0.2) is 5.69 Å². The standard InChI is InChI=1S/C19H19N5O4/c1-3-27-15-9-8-11-16(21-15)17(23-22-11)18(25)20-12-10-28-14-7-5-4-6-13(14)24(2)19(12)26/h4-9,12H,3,10H2,1-2H3,(H,20,25)(H,22,23)/t12-/m0/s1. The van der Waals surface area contributed by atoms with Crippen molar-refractivity contribution in [3.05, 3.63) is 42.1 Å². The van der Waals surface area contributed by atoms with Gasteiger partial charge in [0.25, 0.3) is 11.8 Å². The highest BCUT2D eigenvalue weighted by Crippen LogP contribution is 2.30. The number of anilines is 1. The van der Waals surface area contributed by atoms with Gasteiger partial charge in [-0.15, -0.1) is 0 Å². The van der Waals surface area contributed by atoms with E-state index in [4.69, 9.17) is 9.47 Å². The number of carbonyl (C=O) groups excluding carboxylic acids is 2. The van der Waals surface area contributed by atoms with Gasteiger partial charge < -0.3 is 19.7 Å². The van der Waals surface area contributed by atoms with Crippen molar-refractivity contribution in [2.45, 2.75) is 13.0 Å². The molecular weight excluding hydrogens is 362 g/mol. The van der Waals surface area contributed by atoms with E-state index in [1.165, 1.54) is 4.90 Å². The first-order valence-corrected chi connectivity index (χ1v) is 8.86. The zero-order valence-corrected chi connectivity index (χ0v) is 15.4. The maximum atomic E-state index is 12.8. The molecule has 28 heavy (non-hydrogen) atoms. The maximum Gasteiger partial charge on any atom is 0.274 e. The molecule has 2 N–H and O–H groups in total. The van der Waals surface area contributed by atoms with Crippen LogP contribution in [0.2, 0.25) is 0 Å². The summed E-state index contributed by atoms with van der Waals surface area (Å²) in [5, 5.41) is 9.52. The minimum Gasteiger partial charge on any atom is -0.489 e. The molecule has 0 bridgehead atoms. The first kappa shape index (κ1) is 17.8. The number of nitrogens with one attached hydrogen (secondary N) is 2. The molecule has 2 aromatic heterocycles. The van der Waals surface area contributed by atoms with Crippen LogP contribution in [0, 0.1) is 0 Å². The Hall–Kier alpha value is -3.62. The Morgan fingerprint density at radius 2 is 2.18 bits per heavy atom. The van der Waals surface area contributed by atoms with E-state index in [1.54, 1.807) is 31.3 Å². The lowest BCUT2D eigenvalue weighted by Gasteiger charge is -2.20. The number of likely N-dealkylation sites (N-methyl/N-ethyl adjacent to an activating group) is 1. The van der Waals surface area contributed by atoms with Gasteiger partial charge in [-0.25, -0.2) is 4.98 Å². The van der Waals surface area contributed by atoms with Crippen molar-refractivity contribution in [2.24, 2.45) is 0 Å². The number of para-hydroxylation sites is 2. The molecule has 3 aromatic rings. The number of fused-ring (bicyclic) bond motifs is 2. The summed E-state index contributed by atoms with van der Waals surface area (Å²) >= 11 is 0. The summed E-state index contributed by atoms with van der Waals surface area (Å²) in [6.07, 6.45) is 0. The van der Waals surface area contributed by atoms with E-state index in [-0.39, 0.29) is 18.2 Å². The minimum atomic E-state index is -0.855. The molecule has 0 aliphatic carbocycles. The summed E-state index contributed by atoms with van der Waals surface area (Å²) in [4.78, 5) is 31.4. The van der Waals surface area contributed by atoms with Crippen LogP contribution in [0.25, 0.3) is 11.0 Å². The summed E-state index contributed by atoms with van der Waals surface area (Å²) in [5.41, 5.74) is 1.72. The van der Waals surface area contributed by atoms with Crippen molar-refractivity contribution < 1.29 is 19.1 Å². The van der Waals surface area contributed by atoms with E-state index in [0.29, 0.717) is 35.0 Å². The molecule has 1 aromatic carbocycles. The Kier molecular flexibility index (Phi) is 4.56. The normalized spacial score (nSPS) is 16.3. The van der Waals surface area contributed by atoms with Gasteiger partial charge in [-0.05, 0) is 25.1 Å². The lowest BCUT2D eigenvalue weighted by atomic mass is 10.2. The molecule has 0 fully saturated rings. The molecule has 1 aliphatic rings. The quantitative estimate of drug-likeness (QED) is 0.709. The van der Waals surface area contributed by atoms with Crippen LogP contribution in [-0.4, -0.2) is 53.3 Å². The third-order valence-corrected chi connectivity index (χ3v) is 4.46. The van der Waals surface area contributed by atoms with Crippen LogP contribution >= 0.6 is 0 Å². The van der Waals surface area contributed by atoms with Gasteiger partial charge in [-0.3, -0.25) is 14.7 Å². The maximum absolute atomic E-state index is 12.8. The molecule has 0 saturated carbocycles. The van der Waals surface area contributed by atoms with E-state index in [2.05, 4.69) is 20.5 Å². The Bertz CT molecular complexity index is 1050. The van der Waals surface area contributed by atoms with Crippen molar-refractivity contribution >= 4 is 28.5 Å². The van der Waals surface area contributed by atoms with Crippen LogP contribution in [-0.2, 0) is 4.79 Å². The zero-order chi connectivity index (χ0) is 19.7. The second-order valence-corrected chi connectivity index (χ2v) is 6.25. The fourth-order valence-corrected chi connectivity index (χ4v) is 3.05. The molecule has 1 atom stereocenters. The third kappa shape index (κ3) is 3.11. The van der Waals surface area contributed by atoms with Gasteiger partial charge in [0.05, 0.1) is 17.8 Å². The molecule has 9 nitrogen and oxygen atoms in total. The predicted octanol–water partition coefficient (Wildman–Crippen LogP) is 1.51. The Morgan fingerprint density at radius 1 is 1.36 bits per heavy atom. The van der Waals surface area contributed by atoms with E-state index in [1.807, 2.05) is 19.1 Å². The molecule has 0 unspecified atom stereocenters.